The van der Waals surface area contributed by atoms with Crippen molar-refractivity contribution in [3.8, 4) is 11.8 Å². The minimum absolute atomic E-state index is 0.166. The van der Waals surface area contributed by atoms with Gasteiger partial charge in [-0.1, -0.05) is 0 Å². The maximum Gasteiger partial charge on any atom is 0.180 e. The maximum absolute atomic E-state index is 9.77. The van der Waals surface area contributed by atoms with Gasteiger partial charge in [-0.05, 0) is 64.7 Å². The number of ether oxygens (including phenoxy) is 1. The topological polar surface area (TPSA) is 78.4 Å². The molecule has 0 amide bonds. The van der Waals surface area contributed by atoms with Gasteiger partial charge < -0.3 is 15.4 Å². The molecular formula is C23H31N5OS. The summed E-state index contributed by atoms with van der Waals surface area (Å²) >= 11 is 1.48. The van der Waals surface area contributed by atoms with Crippen LogP contribution < -0.4 is 15.4 Å². The molecule has 2 N–H and O–H groups in total. The van der Waals surface area contributed by atoms with Crippen molar-refractivity contribution >= 4 is 22.2 Å². The Morgan fingerprint density at radius 3 is 2.60 bits per heavy atom. The van der Waals surface area contributed by atoms with Crippen molar-refractivity contribution in [3.63, 3.8) is 0 Å². The van der Waals surface area contributed by atoms with Crippen LogP contribution in [0.15, 0.2) is 23.6 Å². The minimum Gasteiger partial charge on any atom is -0.489 e. The van der Waals surface area contributed by atoms with Gasteiger partial charge in [0.1, 0.15) is 17.9 Å². The molecule has 0 aliphatic carbocycles. The van der Waals surface area contributed by atoms with Gasteiger partial charge >= 0.3 is 0 Å². The number of likely N-dealkylation sites (tertiary alicyclic amines) is 1. The van der Waals surface area contributed by atoms with Crippen LogP contribution >= 0.6 is 11.3 Å². The number of hydrogen-bond acceptors (Lipinski definition) is 7. The van der Waals surface area contributed by atoms with E-state index in [2.05, 4.69) is 47.7 Å². The lowest BCUT2D eigenvalue weighted by atomic mass is 9.99. The monoisotopic (exact) mass is 425 g/mol. The second-order valence-electron chi connectivity index (χ2n) is 9.23. The highest BCUT2D eigenvalue weighted by molar-refractivity contribution is 7.13. The van der Waals surface area contributed by atoms with Crippen molar-refractivity contribution in [1.82, 2.24) is 9.88 Å². The SMILES string of the molecule is CC(C)(C)N1CCC(Oc2ccc(N3CCC[C@@H]3c3csc(N)n3)cc2C#N)CC1. The Labute approximate surface area is 183 Å². The van der Waals surface area contributed by atoms with Crippen LogP contribution in [-0.4, -0.2) is 41.2 Å². The molecule has 160 valence electrons. The highest BCUT2D eigenvalue weighted by Crippen LogP contribution is 2.38. The lowest BCUT2D eigenvalue weighted by Crippen LogP contribution is -2.48. The van der Waals surface area contributed by atoms with Crippen molar-refractivity contribution in [2.24, 2.45) is 0 Å². The summed E-state index contributed by atoms with van der Waals surface area (Å²) < 4.78 is 6.28. The van der Waals surface area contributed by atoms with Crippen LogP contribution in [-0.2, 0) is 0 Å². The van der Waals surface area contributed by atoms with E-state index in [1.807, 2.05) is 17.5 Å². The molecule has 2 saturated heterocycles. The number of hydrogen-bond donors (Lipinski definition) is 1. The molecule has 0 spiro atoms. The Morgan fingerprint density at radius 2 is 1.97 bits per heavy atom. The summed E-state index contributed by atoms with van der Waals surface area (Å²) in [6.45, 7) is 9.78. The molecule has 1 atom stereocenters. The number of rotatable bonds is 4. The zero-order valence-corrected chi connectivity index (χ0v) is 18.9. The maximum atomic E-state index is 9.77. The normalized spacial score (nSPS) is 21.0. The van der Waals surface area contributed by atoms with Crippen LogP contribution in [0, 0.1) is 11.3 Å². The zero-order chi connectivity index (χ0) is 21.3. The lowest BCUT2D eigenvalue weighted by Gasteiger charge is -2.40. The summed E-state index contributed by atoms with van der Waals surface area (Å²) in [5.41, 5.74) is 8.72. The van der Waals surface area contributed by atoms with Crippen LogP contribution in [0.3, 0.4) is 0 Å². The van der Waals surface area contributed by atoms with E-state index >= 15 is 0 Å². The number of nitrogens with zero attached hydrogens (tertiary/aromatic N) is 4. The van der Waals surface area contributed by atoms with Crippen molar-refractivity contribution < 1.29 is 4.74 Å². The molecule has 6 nitrogen and oxygen atoms in total. The molecular weight excluding hydrogens is 394 g/mol. The van der Waals surface area contributed by atoms with Crippen molar-refractivity contribution in [2.75, 3.05) is 30.3 Å². The standard InChI is InChI=1S/C23H31N5OS/c1-23(2,3)27-11-8-18(9-12-27)29-21-7-6-17(13-16(21)14-24)28-10-4-5-20(28)19-15-30-22(25)26-19/h6-7,13,15,18,20H,4-5,8-12H2,1-3H3,(H2,25,26)/t20-/m1/s1. The number of benzene rings is 1. The van der Waals surface area contributed by atoms with Crippen LogP contribution in [0.25, 0.3) is 0 Å². The summed E-state index contributed by atoms with van der Waals surface area (Å²) in [4.78, 5) is 9.32. The largest absolute Gasteiger partial charge is 0.489 e. The molecule has 0 bridgehead atoms. The third kappa shape index (κ3) is 4.40. The molecule has 2 fully saturated rings. The van der Waals surface area contributed by atoms with Crippen molar-refractivity contribution in [1.29, 1.82) is 5.26 Å². The van der Waals surface area contributed by atoms with Gasteiger partial charge in [0.25, 0.3) is 0 Å². The van der Waals surface area contributed by atoms with Gasteiger partial charge in [-0.25, -0.2) is 4.98 Å². The summed E-state index contributed by atoms with van der Waals surface area (Å²) in [6, 6.07) is 8.58. The molecule has 2 aliphatic rings. The van der Waals surface area contributed by atoms with Gasteiger partial charge in [-0.15, -0.1) is 11.3 Å². The first-order chi connectivity index (χ1) is 14.3. The Bertz CT molecular complexity index is 920. The quantitative estimate of drug-likeness (QED) is 0.772. The molecule has 0 unspecified atom stereocenters. The summed E-state index contributed by atoms with van der Waals surface area (Å²) in [6.07, 6.45) is 4.30. The first-order valence-electron chi connectivity index (χ1n) is 10.8. The fourth-order valence-electron chi connectivity index (χ4n) is 4.55. The number of thiazole rings is 1. The fourth-order valence-corrected chi connectivity index (χ4v) is 5.16. The summed E-state index contributed by atoms with van der Waals surface area (Å²) in [5, 5.41) is 12.4. The molecule has 1 aromatic carbocycles. The molecule has 1 aromatic heterocycles. The highest BCUT2D eigenvalue weighted by Gasteiger charge is 2.30. The van der Waals surface area contributed by atoms with E-state index in [0.717, 1.165) is 56.7 Å². The second kappa shape index (κ2) is 8.44. The fraction of sp³-hybridized carbons (Fsp3) is 0.565. The molecule has 30 heavy (non-hydrogen) atoms. The van der Waals surface area contributed by atoms with Crippen molar-refractivity contribution in [3.05, 3.63) is 34.8 Å². The number of piperidine rings is 1. The van der Waals surface area contributed by atoms with Crippen LogP contribution in [0.4, 0.5) is 10.8 Å². The first kappa shape index (κ1) is 21.0. The molecule has 2 aromatic rings. The molecule has 0 radical (unpaired) electrons. The van der Waals surface area contributed by atoms with E-state index in [1.54, 1.807) is 0 Å². The highest BCUT2D eigenvalue weighted by atomic mass is 32.1. The van der Waals surface area contributed by atoms with E-state index in [0.29, 0.717) is 16.4 Å². The summed E-state index contributed by atoms with van der Waals surface area (Å²) in [7, 11) is 0. The lowest BCUT2D eigenvalue weighted by molar-refractivity contribution is 0.0490. The van der Waals surface area contributed by atoms with E-state index in [4.69, 9.17) is 10.5 Å². The number of nitrogens with two attached hydrogens (primary N) is 1. The molecule has 3 heterocycles. The summed E-state index contributed by atoms with van der Waals surface area (Å²) in [5.74, 6) is 0.698. The van der Waals surface area contributed by atoms with E-state index in [1.165, 1.54) is 11.3 Å². The van der Waals surface area contributed by atoms with Gasteiger partial charge in [0.05, 0.1) is 17.3 Å². The van der Waals surface area contributed by atoms with Crippen molar-refractivity contribution in [2.45, 2.75) is 64.1 Å². The predicted octanol–water partition coefficient (Wildman–Crippen LogP) is 4.58. The number of anilines is 2. The van der Waals surface area contributed by atoms with E-state index in [9.17, 15) is 5.26 Å². The Kier molecular flexibility index (Phi) is 5.90. The minimum atomic E-state index is 0.166. The number of nitrogen functional groups attached to an aromatic ring is 1. The van der Waals surface area contributed by atoms with Gasteiger partial charge in [0, 0.05) is 36.2 Å². The number of nitriles is 1. The second-order valence-corrected chi connectivity index (χ2v) is 10.1. The smallest absolute Gasteiger partial charge is 0.180 e. The average molecular weight is 426 g/mol. The molecule has 2 aliphatic heterocycles. The Balaban J connectivity index is 1.47. The van der Waals surface area contributed by atoms with Gasteiger partial charge in [-0.2, -0.15) is 5.26 Å². The Morgan fingerprint density at radius 1 is 1.20 bits per heavy atom. The van der Waals surface area contributed by atoms with Gasteiger partial charge in [0.15, 0.2) is 5.13 Å². The third-order valence-electron chi connectivity index (χ3n) is 6.23. The average Bonchev–Trinajstić information content (AvgIpc) is 3.37. The third-order valence-corrected chi connectivity index (χ3v) is 6.93. The Hall–Kier alpha value is -2.30. The first-order valence-corrected chi connectivity index (χ1v) is 11.7. The molecule has 7 heteroatoms. The van der Waals surface area contributed by atoms with E-state index in [-0.39, 0.29) is 17.7 Å². The molecule has 4 rings (SSSR count). The molecule has 0 saturated carbocycles. The van der Waals surface area contributed by atoms with Crippen LogP contribution in [0.5, 0.6) is 5.75 Å². The number of aromatic nitrogens is 1. The zero-order valence-electron chi connectivity index (χ0n) is 18.1. The van der Waals surface area contributed by atoms with Crippen LogP contribution in [0.1, 0.15) is 63.8 Å². The van der Waals surface area contributed by atoms with Crippen LogP contribution in [0.2, 0.25) is 0 Å². The van der Waals surface area contributed by atoms with Gasteiger partial charge in [0.2, 0.25) is 0 Å². The van der Waals surface area contributed by atoms with Gasteiger partial charge in [-0.3, -0.25) is 4.90 Å². The predicted molar refractivity (Wildman–Crippen MR) is 122 cm³/mol. The van der Waals surface area contributed by atoms with E-state index < -0.39 is 0 Å².